The minimum Gasteiger partial charge on any atom is -0.465 e. The molecule has 9 heteroatoms. The van der Waals surface area contributed by atoms with Crippen molar-refractivity contribution in [2.75, 3.05) is 33.5 Å². The molecule has 2 saturated heterocycles. The fourth-order valence-corrected chi connectivity index (χ4v) is 2.62. The molecule has 0 amide bonds. The van der Waals surface area contributed by atoms with E-state index in [0.717, 1.165) is 7.11 Å². The Hall–Kier alpha value is -2.07. The van der Waals surface area contributed by atoms with E-state index < -0.39 is 23.5 Å². The number of methoxy groups -OCH3 is 1. The van der Waals surface area contributed by atoms with Gasteiger partial charge in [-0.25, -0.2) is 4.79 Å². The largest absolute Gasteiger partial charge is 0.465 e. The van der Waals surface area contributed by atoms with Crippen molar-refractivity contribution in [2.45, 2.75) is 12.6 Å². The standard InChI is InChI=1S/C14H15NO8/c1-19-12(16)11-9(15(17)18)3-2-8(13-20-4-5-21-13)10(11)14-22-6-7-23-14/h2-3,13-14H,4-7H2,1H3. The lowest BCUT2D eigenvalue weighted by Gasteiger charge is -2.20. The van der Waals surface area contributed by atoms with Gasteiger partial charge in [0.15, 0.2) is 12.6 Å². The smallest absolute Gasteiger partial charge is 0.345 e. The molecular formula is C14H15NO8. The number of nitro benzene ring substituents is 1. The second-order valence-corrected chi connectivity index (χ2v) is 4.86. The Morgan fingerprint density at radius 2 is 1.70 bits per heavy atom. The van der Waals surface area contributed by atoms with Crippen LogP contribution in [0.4, 0.5) is 5.69 Å². The molecule has 23 heavy (non-hydrogen) atoms. The number of hydrogen-bond donors (Lipinski definition) is 0. The van der Waals surface area contributed by atoms with Crippen LogP contribution in [0.15, 0.2) is 12.1 Å². The first-order chi connectivity index (χ1) is 11.1. The van der Waals surface area contributed by atoms with Gasteiger partial charge in [-0.15, -0.1) is 0 Å². The molecule has 0 N–H and O–H groups in total. The Bertz CT molecular complexity index is 619. The van der Waals surface area contributed by atoms with Crippen LogP contribution in [-0.2, 0) is 23.7 Å². The summed E-state index contributed by atoms with van der Waals surface area (Å²) >= 11 is 0. The lowest BCUT2D eigenvalue weighted by molar-refractivity contribution is -0.385. The zero-order valence-corrected chi connectivity index (χ0v) is 12.4. The second kappa shape index (κ2) is 6.59. The Balaban J connectivity index is 2.19. The summed E-state index contributed by atoms with van der Waals surface area (Å²) < 4.78 is 26.5. The summed E-state index contributed by atoms with van der Waals surface area (Å²) in [6.45, 7) is 1.42. The number of nitro groups is 1. The van der Waals surface area contributed by atoms with Gasteiger partial charge in [0.2, 0.25) is 0 Å². The van der Waals surface area contributed by atoms with E-state index in [1.807, 2.05) is 0 Å². The predicted molar refractivity (Wildman–Crippen MR) is 73.7 cm³/mol. The van der Waals surface area contributed by atoms with Crippen molar-refractivity contribution in [2.24, 2.45) is 0 Å². The van der Waals surface area contributed by atoms with Gasteiger partial charge in [-0.3, -0.25) is 10.1 Å². The molecule has 0 radical (unpaired) electrons. The second-order valence-electron chi connectivity index (χ2n) is 4.86. The van der Waals surface area contributed by atoms with Crippen LogP contribution in [0.25, 0.3) is 0 Å². The van der Waals surface area contributed by atoms with Crippen LogP contribution in [0.2, 0.25) is 0 Å². The SMILES string of the molecule is COC(=O)c1c([N+](=O)[O-])ccc(C2OCCO2)c1C1OCCO1. The van der Waals surface area contributed by atoms with E-state index in [0.29, 0.717) is 32.0 Å². The van der Waals surface area contributed by atoms with Crippen LogP contribution in [0.1, 0.15) is 34.1 Å². The van der Waals surface area contributed by atoms with Crippen molar-refractivity contribution in [3.63, 3.8) is 0 Å². The highest BCUT2D eigenvalue weighted by atomic mass is 16.7. The molecule has 2 heterocycles. The van der Waals surface area contributed by atoms with Gasteiger partial charge < -0.3 is 23.7 Å². The maximum absolute atomic E-state index is 12.2. The average molecular weight is 325 g/mol. The van der Waals surface area contributed by atoms with E-state index in [2.05, 4.69) is 0 Å². The normalized spacial score (nSPS) is 19.2. The maximum Gasteiger partial charge on any atom is 0.345 e. The molecule has 124 valence electrons. The highest BCUT2D eigenvalue weighted by Crippen LogP contribution is 2.39. The highest BCUT2D eigenvalue weighted by Gasteiger charge is 2.37. The third-order valence-electron chi connectivity index (χ3n) is 3.58. The number of carbonyl (C=O) groups excluding carboxylic acids is 1. The number of benzene rings is 1. The topological polar surface area (TPSA) is 106 Å². The van der Waals surface area contributed by atoms with E-state index >= 15 is 0 Å². The van der Waals surface area contributed by atoms with Crippen molar-refractivity contribution in [3.05, 3.63) is 38.9 Å². The quantitative estimate of drug-likeness (QED) is 0.465. The fourth-order valence-electron chi connectivity index (χ4n) is 2.62. The van der Waals surface area contributed by atoms with Crippen molar-refractivity contribution < 1.29 is 33.4 Å². The first kappa shape index (κ1) is 15.8. The molecule has 0 saturated carbocycles. The molecule has 2 aliphatic heterocycles. The third-order valence-corrected chi connectivity index (χ3v) is 3.58. The highest BCUT2D eigenvalue weighted by molar-refractivity contribution is 5.96. The lowest BCUT2D eigenvalue weighted by Crippen LogP contribution is -2.17. The Kier molecular flexibility index (Phi) is 4.53. The number of rotatable bonds is 4. The fraction of sp³-hybridized carbons (Fsp3) is 0.500. The predicted octanol–water partition coefficient (Wildman–Crippen LogP) is 1.47. The Labute approximate surface area is 131 Å². The molecule has 0 aromatic heterocycles. The number of esters is 1. The summed E-state index contributed by atoms with van der Waals surface area (Å²) in [5.74, 6) is -0.842. The molecule has 2 fully saturated rings. The maximum atomic E-state index is 12.2. The molecule has 1 aromatic rings. The monoisotopic (exact) mass is 325 g/mol. The first-order valence-electron chi connectivity index (χ1n) is 6.99. The van der Waals surface area contributed by atoms with Gasteiger partial charge >= 0.3 is 5.97 Å². The average Bonchev–Trinajstić information content (AvgIpc) is 3.25. The third kappa shape index (κ3) is 2.91. The molecule has 0 atom stereocenters. The van der Waals surface area contributed by atoms with E-state index in [9.17, 15) is 14.9 Å². The summed E-state index contributed by atoms with van der Waals surface area (Å²) in [5.41, 5.74) is 0.0875. The van der Waals surface area contributed by atoms with Crippen LogP contribution in [-0.4, -0.2) is 44.4 Å². The molecule has 0 aliphatic carbocycles. The zero-order chi connectivity index (χ0) is 16.4. The number of nitrogens with zero attached hydrogens (tertiary/aromatic N) is 1. The lowest BCUT2D eigenvalue weighted by atomic mass is 9.97. The van der Waals surface area contributed by atoms with E-state index in [1.165, 1.54) is 12.1 Å². The molecule has 2 aliphatic rings. The molecule has 0 bridgehead atoms. The zero-order valence-electron chi connectivity index (χ0n) is 12.4. The summed E-state index contributed by atoms with van der Waals surface area (Å²) in [6, 6.07) is 2.71. The van der Waals surface area contributed by atoms with Crippen LogP contribution in [0.3, 0.4) is 0 Å². The molecule has 3 rings (SSSR count). The summed E-state index contributed by atoms with van der Waals surface area (Å²) in [5, 5.41) is 11.3. The molecular weight excluding hydrogens is 310 g/mol. The summed E-state index contributed by atoms with van der Waals surface area (Å²) in [6.07, 6.45) is -1.64. The van der Waals surface area contributed by atoms with Crippen LogP contribution >= 0.6 is 0 Å². The number of ether oxygens (including phenoxy) is 5. The van der Waals surface area contributed by atoms with Gasteiger partial charge in [-0.05, 0) is 6.07 Å². The van der Waals surface area contributed by atoms with Crippen LogP contribution in [0.5, 0.6) is 0 Å². The molecule has 1 aromatic carbocycles. The summed E-state index contributed by atoms with van der Waals surface area (Å²) in [4.78, 5) is 22.8. The Morgan fingerprint density at radius 3 is 2.22 bits per heavy atom. The van der Waals surface area contributed by atoms with Crippen LogP contribution in [0, 0.1) is 10.1 Å². The number of hydrogen-bond acceptors (Lipinski definition) is 8. The van der Waals surface area contributed by atoms with Crippen molar-refractivity contribution in [1.29, 1.82) is 0 Å². The molecule has 0 unspecified atom stereocenters. The summed E-state index contributed by atoms with van der Waals surface area (Å²) in [7, 11) is 1.15. The van der Waals surface area contributed by atoms with Crippen molar-refractivity contribution in [1.82, 2.24) is 0 Å². The van der Waals surface area contributed by atoms with Crippen molar-refractivity contribution in [3.8, 4) is 0 Å². The molecule has 0 spiro atoms. The van der Waals surface area contributed by atoms with Gasteiger partial charge in [-0.2, -0.15) is 0 Å². The van der Waals surface area contributed by atoms with Gasteiger partial charge in [-0.1, -0.05) is 0 Å². The van der Waals surface area contributed by atoms with E-state index in [-0.39, 0.29) is 16.8 Å². The van der Waals surface area contributed by atoms with Gasteiger partial charge in [0.05, 0.1) is 38.5 Å². The van der Waals surface area contributed by atoms with Crippen LogP contribution < -0.4 is 0 Å². The molecule has 9 nitrogen and oxygen atoms in total. The minimum atomic E-state index is -0.910. The minimum absolute atomic E-state index is 0.207. The van der Waals surface area contributed by atoms with Gasteiger partial charge in [0.25, 0.3) is 5.69 Å². The van der Waals surface area contributed by atoms with Gasteiger partial charge in [0.1, 0.15) is 5.56 Å². The number of carbonyl (C=O) groups is 1. The first-order valence-corrected chi connectivity index (χ1v) is 6.99. The van der Waals surface area contributed by atoms with Gasteiger partial charge in [0, 0.05) is 17.2 Å². The van der Waals surface area contributed by atoms with E-state index in [4.69, 9.17) is 23.7 Å². The Morgan fingerprint density at radius 1 is 1.13 bits per heavy atom. The van der Waals surface area contributed by atoms with E-state index in [1.54, 1.807) is 0 Å². The van der Waals surface area contributed by atoms with Crippen molar-refractivity contribution >= 4 is 11.7 Å².